The molecule has 0 fully saturated rings. The predicted octanol–water partition coefficient (Wildman–Crippen LogP) is 1.70. The molecular formula is C8H10F3N3O. The number of anilines is 1. The molecule has 1 heterocycles. The van der Waals surface area contributed by atoms with Crippen molar-refractivity contribution in [3.05, 3.63) is 12.4 Å². The maximum atomic E-state index is 11.8. The number of rotatable bonds is 3. The Balaban J connectivity index is 2.37. The van der Waals surface area contributed by atoms with Gasteiger partial charge in [-0.15, -0.1) is 0 Å². The van der Waals surface area contributed by atoms with Gasteiger partial charge in [-0.05, 0) is 0 Å². The Labute approximate surface area is 84.1 Å². The third-order valence-corrected chi connectivity index (χ3v) is 1.62. The van der Waals surface area contributed by atoms with Crippen LogP contribution in [0.25, 0.3) is 0 Å². The second-order valence-electron chi connectivity index (χ2n) is 3.07. The Morgan fingerprint density at radius 2 is 2.27 bits per heavy atom. The second-order valence-corrected chi connectivity index (χ2v) is 3.07. The Bertz CT molecular complexity index is 345. The van der Waals surface area contributed by atoms with Crippen molar-refractivity contribution in [3.63, 3.8) is 0 Å². The molecule has 0 aliphatic rings. The van der Waals surface area contributed by atoms with Crippen LogP contribution in [0.3, 0.4) is 0 Å². The normalized spacial score (nSPS) is 11.5. The minimum absolute atomic E-state index is 0.393. The van der Waals surface area contributed by atoms with Gasteiger partial charge in [0.1, 0.15) is 0 Å². The largest absolute Gasteiger partial charge is 0.389 e. The number of aromatic nitrogens is 2. The Morgan fingerprint density at radius 1 is 1.60 bits per heavy atom. The monoisotopic (exact) mass is 221 g/mol. The number of halogens is 3. The van der Waals surface area contributed by atoms with Crippen LogP contribution >= 0.6 is 0 Å². The molecule has 0 saturated heterocycles. The number of nitrogens with one attached hydrogen (secondary N) is 1. The molecule has 0 radical (unpaired) electrons. The van der Waals surface area contributed by atoms with Crippen molar-refractivity contribution in [3.8, 4) is 0 Å². The van der Waals surface area contributed by atoms with Gasteiger partial charge in [0.25, 0.3) is 0 Å². The summed E-state index contributed by atoms with van der Waals surface area (Å²) >= 11 is 0. The van der Waals surface area contributed by atoms with E-state index in [2.05, 4.69) is 10.4 Å². The molecule has 1 aromatic rings. The van der Waals surface area contributed by atoms with Crippen LogP contribution in [0.4, 0.5) is 18.9 Å². The van der Waals surface area contributed by atoms with Crippen LogP contribution in [-0.2, 0) is 11.8 Å². The van der Waals surface area contributed by atoms with Gasteiger partial charge in [-0.1, -0.05) is 0 Å². The van der Waals surface area contributed by atoms with E-state index in [9.17, 15) is 18.0 Å². The quantitative estimate of drug-likeness (QED) is 0.844. The number of hydrogen-bond acceptors (Lipinski definition) is 2. The zero-order chi connectivity index (χ0) is 11.5. The summed E-state index contributed by atoms with van der Waals surface area (Å²) in [7, 11) is 1.64. The lowest BCUT2D eigenvalue weighted by Crippen LogP contribution is -2.16. The van der Waals surface area contributed by atoms with Gasteiger partial charge in [0.15, 0.2) is 0 Å². The molecule has 0 aliphatic heterocycles. The lowest BCUT2D eigenvalue weighted by molar-refractivity contribution is -0.142. The van der Waals surface area contributed by atoms with Gasteiger partial charge >= 0.3 is 6.18 Å². The molecule has 0 bridgehead atoms. The van der Waals surface area contributed by atoms with Crippen LogP contribution in [0, 0.1) is 0 Å². The fourth-order valence-corrected chi connectivity index (χ4v) is 0.965. The lowest BCUT2D eigenvalue weighted by Gasteiger charge is -2.05. The van der Waals surface area contributed by atoms with Crippen molar-refractivity contribution in [2.75, 3.05) is 5.32 Å². The molecule has 0 unspecified atom stereocenters. The van der Waals surface area contributed by atoms with Crippen LogP contribution in [0.2, 0.25) is 0 Å². The fraction of sp³-hybridized carbons (Fsp3) is 0.500. The van der Waals surface area contributed by atoms with Crippen molar-refractivity contribution >= 4 is 11.6 Å². The molecule has 7 heteroatoms. The maximum Gasteiger partial charge on any atom is 0.389 e. The molecule has 0 saturated carbocycles. The number of carbonyl (C=O) groups excluding carboxylic acids is 1. The van der Waals surface area contributed by atoms with E-state index in [0.29, 0.717) is 5.69 Å². The average Bonchev–Trinajstić information content (AvgIpc) is 2.47. The van der Waals surface area contributed by atoms with Crippen LogP contribution in [-0.4, -0.2) is 21.9 Å². The van der Waals surface area contributed by atoms with Gasteiger partial charge in [-0.25, -0.2) is 0 Å². The summed E-state index contributed by atoms with van der Waals surface area (Å²) in [6.07, 6.45) is -3.11. The molecule has 1 amide bonds. The standard InChI is InChI=1S/C8H10F3N3O/c1-14-5-6(4-12-14)13-7(15)2-3-8(9,10)11/h4-5H,2-3H2,1H3,(H,13,15). The van der Waals surface area contributed by atoms with E-state index in [1.54, 1.807) is 7.05 Å². The summed E-state index contributed by atoms with van der Waals surface area (Å²) in [5.74, 6) is -0.666. The number of aryl methyl sites for hydroxylation is 1. The molecule has 4 nitrogen and oxygen atoms in total. The van der Waals surface area contributed by atoms with Gasteiger partial charge in [-0.3, -0.25) is 9.48 Å². The van der Waals surface area contributed by atoms with Crippen LogP contribution in [0.1, 0.15) is 12.8 Å². The predicted molar refractivity (Wildman–Crippen MR) is 47.1 cm³/mol. The molecule has 0 aromatic carbocycles. The lowest BCUT2D eigenvalue weighted by atomic mass is 10.3. The number of carbonyl (C=O) groups is 1. The highest BCUT2D eigenvalue weighted by molar-refractivity contribution is 5.90. The SMILES string of the molecule is Cn1cc(NC(=O)CCC(F)(F)F)cn1. The smallest absolute Gasteiger partial charge is 0.323 e. The van der Waals surface area contributed by atoms with Crippen LogP contribution < -0.4 is 5.32 Å². The summed E-state index contributed by atoms with van der Waals surface area (Å²) in [5.41, 5.74) is 0.393. The first-order chi connectivity index (χ1) is 6.87. The van der Waals surface area contributed by atoms with E-state index in [4.69, 9.17) is 0 Å². The zero-order valence-electron chi connectivity index (χ0n) is 8.01. The van der Waals surface area contributed by atoms with Crippen molar-refractivity contribution in [1.29, 1.82) is 0 Å². The van der Waals surface area contributed by atoms with E-state index in [-0.39, 0.29) is 0 Å². The molecule has 84 valence electrons. The number of hydrogen-bond donors (Lipinski definition) is 1. The maximum absolute atomic E-state index is 11.8. The highest BCUT2D eigenvalue weighted by Gasteiger charge is 2.27. The third kappa shape index (κ3) is 4.48. The molecule has 0 atom stereocenters. The van der Waals surface area contributed by atoms with E-state index in [1.807, 2.05) is 0 Å². The summed E-state index contributed by atoms with van der Waals surface area (Å²) < 4.78 is 36.7. The highest BCUT2D eigenvalue weighted by atomic mass is 19.4. The molecule has 0 spiro atoms. The highest BCUT2D eigenvalue weighted by Crippen LogP contribution is 2.21. The molecule has 1 N–H and O–H groups in total. The average molecular weight is 221 g/mol. The van der Waals surface area contributed by atoms with Gasteiger partial charge in [0.2, 0.25) is 5.91 Å². The van der Waals surface area contributed by atoms with Gasteiger partial charge in [-0.2, -0.15) is 18.3 Å². The Morgan fingerprint density at radius 3 is 2.73 bits per heavy atom. The minimum Gasteiger partial charge on any atom is -0.323 e. The summed E-state index contributed by atoms with van der Waals surface area (Å²) in [6, 6.07) is 0. The van der Waals surface area contributed by atoms with E-state index < -0.39 is 24.9 Å². The third-order valence-electron chi connectivity index (χ3n) is 1.62. The van der Waals surface area contributed by atoms with E-state index >= 15 is 0 Å². The zero-order valence-corrected chi connectivity index (χ0v) is 8.01. The van der Waals surface area contributed by atoms with Gasteiger partial charge in [0.05, 0.1) is 18.3 Å². The Kier molecular flexibility index (Phi) is 3.33. The van der Waals surface area contributed by atoms with Gasteiger partial charge < -0.3 is 5.32 Å². The molecule has 15 heavy (non-hydrogen) atoms. The van der Waals surface area contributed by atoms with Crippen LogP contribution in [0.15, 0.2) is 12.4 Å². The van der Waals surface area contributed by atoms with Crippen molar-refractivity contribution in [2.24, 2.45) is 7.05 Å². The molecule has 0 aliphatic carbocycles. The minimum atomic E-state index is -4.30. The first kappa shape index (κ1) is 11.5. The first-order valence-electron chi connectivity index (χ1n) is 4.22. The second kappa shape index (κ2) is 4.33. The van der Waals surface area contributed by atoms with Crippen molar-refractivity contribution < 1.29 is 18.0 Å². The fourth-order valence-electron chi connectivity index (χ4n) is 0.965. The molecular weight excluding hydrogens is 211 g/mol. The molecule has 1 aromatic heterocycles. The van der Waals surface area contributed by atoms with E-state index in [1.165, 1.54) is 17.1 Å². The van der Waals surface area contributed by atoms with Crippen molar-refractivity contribution in [1.82, 2.24) is 9.78 Å². The van der Waals surface area contributed by atoms with Crippen molar-refractivity contribution in [2.45, 2.75) is 19.0 Å². The number of alkyl halides is 3. The topological polar surface area (TPSA) is 46.9 Å². The molecule has 1 rings (SSSR count). The van der Waals surface area contributed by atoms with E-state index in [0.717, 1.165) is 0 Å². The summed E-state index contributed by atoms with van der Waals surface area (Å²) in [6.45, 7) is 0. The first-order valence-corrected chi connectivity index (χ1v) is 4.22. The number of amides is 1. The Hall–Kier alpha value is -1.53. The number of nitrogens with zero attached hydrogens (tertiary/aromatic N) is 2. The summed E-state index contributed by atoms with van der Waals surface area (Å²) in [5, 5.41) is 6.07. The van der Waals surface area contributed by atoms with Crippen LogP contribution in [0.5, 0.6) is 0 Å². The van der Waals surface area contributed by atoms with Gasteiger partial charge in [0, 0.05) is 19.7 Å². The summed E-state index contributed by atoms with van der Waals surface area (Å²) in [4.78, 5) is 11.0.